The first-order valence-corrected chi connectivity index (χ1v) is 9.70. The molecule has 0 saturated carbocycles. The van der Waals surface area contributed by atoms with Crippen molar-refractivity contribution >= 4 is 5.96 Å². The van der Waals surface area contributed by atoms with Gasteiger partial charge in [0.05, 0.1) is 18.9 Å². The lowest BCUT2D eigenvalue weighted by Gasteiger charge is -2.32. The molecule has 2 aliphatic heterocycles. The number of aliphatic imine (C=N–C) groups is 1. The van der Waals surface area contributed by atoms with E-state index in [1.807, 2.05) is 24.0 Å². The number of benzene rings is 1. The van der Waals surface area contributed by atoms with Crippen LogP contribution < -0.4 is 5.32 Å². The number of rotatable bonds is 4. The number of morpholine rings is 1. The Bertz CT molecular complexity index is 736. The van der Waals surface area contributed by atoms with Crippen molar-refractivity contribution in [3.63, 3.8) is 0 Å². The average Bonchev–Trinajstić information content (AvgIpc) is 3.42. The number of likely N-dealkylation sites (tertiary alicyclic amines) is 1. The Morgan fingerprint density at radius 3 is 2.74 bits per heavy atom. The number of nitrogens with zero attached hydrogens (tertiary/aromatic N) is 5. The van der Waals surface area contributed by atoms with Gasteiger partial charge in [0.15, 0.2) is 5.96 Å². The summed E-state index contributed by atoms with van der Waals surface area (Å²) in [6.07, 6.45) is 4.94. The molecule has 7 heteroatoms. The van der Waals surface area contributed by atoms with E-state index in [9.17, 15) is 0 Å². The zero-order chi connectivity index (χ0) is 18.5. The average molecular weight is 368 g/mol. The fourth-order valence-electron chi connectivity index (χ4n) is 3.88. The molecule has 4 rings (SSSR count). The molecule has 1 aromatic heterocycles. The maximum atomic E-state index is 5.48. The predicted octanol–water partition coefficient (Wildman–Crippen LogP) is 1.35. The molecule has 0 radical (unpaired) electrons. The molecule has 0 spiro atoms. The van der Waals surface area contributed by atoms with Crippen LogP contribution in [0, 0.1) is 0 Å². The molecule has 2 saturated heterocycles. The highest BCUT2D eigenvalue weighted by Gasteiger charge is 2.30. The highest BCUT2D eigenvalue weighted by molar-refractivity contribution is 5.80. The zero-order valence-corrected chi connectivity index (χ0v) is 15.9. The molecule has 0 amide bonds. The molecular formula is C20H28N6O. The molecule has 2 aromatic rings. The summed E-state index contributed by atoms with van der Waals surface area (Å²) in [6, 6.07) is 11.0. The number of hydrogen-bond donors (Lipinski definition) is 1. The highest BCUT2D eigenvalue weighted by atomic mass is 16.5. The smallest absolute Gasteiger partial charge is 0.193 e. The number of aromatic nitrogens is 2. The largest absolute Gasteiger partial charge is 0.379 e. The van der Waals surface area contributed by atoms with E-state index in [1.165, 1.54) is 12.0 Å². The fourth-order valence-corrected chi connectivity index (χ4v) is 3.88. The van der Waals surface area contributed by atoms with E-state index in [0.29, 0.717) is 6.04 Å². The molecule has 1 N–H and O–H groups in total. The molecule has 2 fully saturated rings. The van der Waals surface area contributed by atoms with E-state index >= 15 is 0 Å². The van der Waals surface area contributed by atoms with E-state index in [-0.39, 0.29) is 0 Å². The van der Waals surface area contributed by atoms with Crippen LogP contribution in [0.2, 0.25) is 0 Å². The minimum atomic E-state index is 0.612. The van der Waals surface area contributed by atoms with Crippen LogP contribution in [0.1, 0.15) is 12.0 Å². The van der Waals surface area contributed by atoms with Crippen LogP contribution in [0.15, 0.2) is 47.7 Å². The molecule has 0 aliphatic carbocycles. The Morgan fingerprint density at radius 2 is 2.04 bits per heavy atom. The van der Waals surface area contributed by atoms with Gasteiger partial charge in [-0.25, -0.2) is 4.68 Å². The van der Waals surface area contributed by atoms with Gasteiger partial charge in [-0.15, -0.1) is 0 Å². The van der Waals surface area contributed by atoms with Gasteiger partial charge in [-0.1, -0.05) is 12.1 Å². The lowest BCUT2D eigenvalue weighted by Crippen LogP contribution is -2.46. The lowest BCUT2D eigenvalue weighted by atomic mass is 10.2. The molecule has 2 aliphatic rings. The fraction of sp³-hybridized carbons (Fsp3) is 0.500. The predicted molar refractivity (Wildman–Crippen MR) is 106 cm³/mol. The quantitative estimate of drug-likeness (QED) is 0.652. The normalized spacial score (nSPS) is 21.6. The summed E-state index contributed by atoms with van der Waals surface area (Å²) >= 11 is 0. The van der Waals surface area contributed by atoms with Crippen LogP contribution in [-0.2, 0) is 11.3 Å². The molecule has 7 nitrogen and oxygen atoms in total. The summed E-state index contributed by atoms with van der Waals surface area (Å²) in [5.41, 5.74) is 2.30. The van der Waals surface area contributed by atoms with Gasteiger partial charge in [0.2, 0.25) is 0 Å². The van der Waals surface area contributed by atoms with E-state index in [1.54, 1.807) is 6.20 Å². The van der Waals surface area contributed by atoms with E-state index in [4.69, 9.17) is 4.74 Å². The van der Waals surface area contributed by atoms with E-state index < -0.39 is 0 Å². The summed E-state index contributed by atoms with van der Waals surface area (Å²) in [6.45, 7) is 6.68. The van der Waals surface area contributed by atoms with Crippen LogP contribution in [0.4, 0.5) is 0 Å². The minimum Gasteiger partial charge on any atom is -0.379 e. The van der Waals surface area contributed by atoms with Crippen molar-refractivity contribution in [2.75, 3.05) is 46.4 Å². The van der Waals surface area contributed by atoms with Crippen molar-refractivity contribution in [3.05, 3.63) is 48.3 Å². The molecule has 144 valence electrons. The van der Waals surface area contributed by atoms with Gasteiger partial charge in [0.1, 0.15) is 0 Å². The van der Waals surface area contributed by atoms with Crippen LogP contribution in [0.5, 0.6) is 0 Å². The second-order valence-corrected chi connectivity index (χ2v) is 7.05. The Kier molecular flexibility index (Phi) is 5.69. The Labute approximate surface area is 160 Å². The van der Waals surface area contributed by atoms with Gasteiger partial charge >= 0.3 is 0 Å². The molecular weight excluding hydrogens is 340 g/mol. The summed E-state index contributed by atoms with van der Waals surface area (Å²) in [5, 5.41) is 7.78. The van der Waals surface area contributed by atoms with Crippen molar-refractivity contribution < 1.29 is 4.74 Å². The van der Waals surface area contributed by atoms with Crippen molar-refractivity contribution in [1.29, 1.82) is 0 Å². The van der Waals surface area contributed by atoms with Gasteiger partial charge in [-0.2, -0.15) is 5.10 Å². The van der Waals surface area contributed by atoms with Crippen molar-refractivity contribution in [2.45, 2.75) is 19.0 Å². The van der Waals surface area contributed by atoms with Crippen molar-refractivity contribution in [1.82, 2.24) is 24.9 Å². The second kappa shape index (κ2) is 8.54. The number of nitrogens with one attached hydrogen (secondary N) is 1. The SMILES string of the molecule is CN=C(NCc1ccc(-n2cccn2)cc1)N1CCC(N2CCOCC2)C1. The summed E-state index contributed by atoms with van der Waals surface area (Å²) in [5.74, 6) is 0.988. The third kappa shape index (κ3) is 4.31. The highest BCUT2D eigenvalue weighted by Crippen LogP contribution is 2.17. The molecule has 1 atom stereocenters. The van der Waals surface area contributed by atoms with Crippen LogP contribution in [-0.4, -0.2) is 78.0 Å². The van der Waals surface area contributed by atoms with Gasteiger partial charge in [0, 0.05) is 58.2 Å². The van der Waals surface area contributed by atoms with E-state index in [0.717, 1.165) is 57.6 Å². The zero-order valence-electron chi connectivity index (χ0n) is 15.9. The molecule has 1 unspecified atom stereocenters. The lowest BCUT2D eigenvalue weighted by molar-refractivity contribution is 0.0195. The Morgan fingerprint density at radius 1 is 1.22 bits per heavy atom. The summed E-state index contributed by atoms with van der Waals surface area (Å²) < 4.78 is 7.34. The van der Waals surface area contributed by atoms with Crippen LogP contribution >= 0.6 is 0 Å². The minimum absolute atomic E-state index is 0.612. The van der Waals surface area contributed by atoms with Crippen molar-refractivity contribution in [3.8, 4) is 5.69 Å². The number of ether oxygens (including phenoxy) is 1. The molecule has 0 bridgehead atoms. The van der Waals surface area contributed by atoms with E-state index in [2.05, 4.69) is 49.5 Å². The summed E-state index contributed by atoms with van der Waals surface area (Å²) in [4.78, 5) is 9.43. The third-order valence-electron chi connectivity index (χ3n) is 5.39. The van der Waals surface area contributed by atoms with Gasteiger partial charge in [0.25, 0.3) is 0 Å². The van der Waals surface area contributed by atoms with Crippen LogP contribution in [0.25, 0.3) is 5.69 Å². The maximum Gasteiger partial charge on any atom is 0.193 e. The third-order valence-corrected chi connectivity index (χ3v) is 5.39. The first-order chi connectivity index (χ1) is 13.3. The first-order valence-electron chi connectivity index (χ1n) is 9.70. The molecule has 1 aromatic carbocycles. The maximum absolute atomic E-state index is 5.48. The molecule has 27 heavy (non-hydrogen) atoms. The van der Waals surface area contributed by atoms with Crippen molar-refractivity contribution in [2.24, 2.45) is 4.99 Å². The van der Waals surface area contributed by atoms with Gasteiger partial charge < -0.3 is 15.0 Å². The first kappa shape index (κ1) is 18.0. The molecule has 3 heterocycles. The van der Waals surface area contributed by atoms with Gasteiger partial charge in [-0.05, 0) is 30.2 Å². The Balaban J connectivity index is 1.30. The number of hydrogen-bond acceptors (Lipinski definition) is 4. The topological polar surface area (TPSA) is 57.9 Å². The Hall–Kier alpha value is -2.38. The number of guanidine groups is 1. The summed E-state index contributed by atoms with van der Waals surface area (Å²) in [7, 11) is 1.87. The van der Waals surface area contributed by atoms with Gasteiger partial charge in [-0.3, -0.25) is 9.89 Å². The second-order valence-electron chi connectivity index (χ2n) is 7.05. The standard InChI is InChI=1S/C20H28N6O/c1-21-20(25-10-7-19(16-25)24-11-13-27-14-12-24)22-15-17-3-5-18(6-4-17)26-9-2-8-23-26/h2-6,8-9,19H,7,10-16H2,1H3,(H,21,22). The monoisotopic (exact) mass is 368 g/mol. The van der Waals surface area contributed by atoms with Crippen LogP contribution in [0.3, 0.4) is 0 Å².